The molecule has 2 atom stereocenters. The zero-order valence-electron chi connectivity index (χ0n) is 10.7. The predicted octanol–water partition coefficient (Wildman–Crippen LogP) is 4.47. The van der Waals surface area contributed by atoms with Crippen LogP contribution >= 0.6 is 39.9 Å². The zero-order chi connectivity index (χ0) is 13.1. The molecule has 0 amide bonds. The topological polar surface area (TPSA) is 46.2 Å². The molecule has 1 aliphatic rings. The van der Waals surface area contributed by atoms with E-state index in [1.165, 1.54) is 19.3 Å². The summed E-state index contributed by atoms with van der Waals surface area (Å²) < 4.78 is 0.873. The predicted molar refractivity (Wildman–Crippen MR) is 85.9 cm³/mol. The van der Waals surface area contributed by atoms with Crippen molar-refractivity contribution in [1.82, 2.24) is 0 Å². The van der Waals surface area contributed by atoms with Gasteiger partial charge >= 0.3 is 0 Å². The average Bonchev–Trinajstić information content (AvgIpc) is 2.38. The van der Waals surface area contributed by atoms with E-state index in [2.05, 4.69) is 15.9 Å². The fourth-order valence-corrected chi connectivity index (χ4v) is 3.67. The quantitative estimate of drug-likeness (QED) is 0.826. The summed E-state index contributed by atoms with van der Waals surface area (Å²) in [6, 6.07) is 5.18. The normalized spacial score (nSPS) is 19.6. The maximum atomic E-state index is 10.4. The van der Waals surface area contributed by atoms with Crippen molar-refractivity contribution in [3.8, 4) is 0 Å². The van der Waals surface area contributed by atoms with Gasteiger partial charge in [0.25, 0.3) is 0 Å². The summed E-state index contributed by atoms with van der Waals surface area (Å²) in [5, 5.41) is 11.1. The Labute approximate surface area is 134 Å². The lowest BCUT2D eigenvalue weighted by molar-refractivity contribution is 0.0616. The maximum Gasteiger partial charge on any atom is 0.0761 e. The van der Waals surface area contributed by atoms with Gasteiger partial charge < -0.3 is 10.8 Å². The molecule has 2 rings (SSSR count). The molecule has 0 aromatic heterocycles. The highest BCUT2D eigenvalue weighted by Crippen LogP contribution is 2.34. The fraction of sp³-hybridized carbons (Fsp3) is 0.571. The molecule has 2 nitrogen and oxygen atoms in total. The zero-order valence-corrected chi connectivity index (χ0v) is 13.8. The lowest BCUT2D eigenvalue weighted by atomic mass is 9.81. The van der Waals surface area contributed by atoms with Gasteiger partial charge in [-0.3, -0.25) is 0 Å². The van der Waals surface area contributed by atoms with E-state index >= 15 is 0 Å². The van der Waals surface area contributed by atoms with Gasteiger partial charge in [-0.25, -0.2) is 0 Å². The monoisotopic (exact) mass is 367 g/mol. The molecule has 1 aromatic rings. The number of hydrogen-bond acceptors (Lipinski definition) is 2. The van der Waals surface area contributed by atoms with Gasteiger partial charge in [0, 0.05) is 9.50 Å². The van der Waals surface area contributed by atoms with Crippen molar-refractivity contribution in [2.24, 2.45) is 11.7 Å². The number of rotatable bonds is 3. The van der Waals surface area contributed by atoms with Gasteiger partial charge in [0.2, 0.25) is 0 Å². The third kappa shape index (κ3) is 4.33. The van der Waals surface area contributed by atoms with Crippen molar-refractivity contribution < 1.29 is 5.11 Å². The van der Waals surface area contributed by atoms with Crippen LogP contribution in [0.5, 0.6) is 0 Å². The molecule has 0 heterocycles. The summed E-state index contributed by atoms with van der Waals surface area (Å²) in [6.45, 7) is 0. The first-order valence-electron chi connectivity index (χ1n) is 6.48. The molecule has 1 aliphatic carbocycles. The highest BCUT2D eigenvalue weighted by atomic mass is 79.9. The number of hydrogen-bond donors (Lipinski definition) is 2. The summed E-state index contributed by atoms with van der Waals surface area (Å²) in [7, 11) is 0. The molecule has 0 saturated heterocycles. The minimum atomic E-state index is -0.470. The highest BCUT2D eigenvalue weighted by molar-refractivity contribution is 9.10. The third-order valence-electron chi connectivity index (χ3n) is 3.82. The van der Waals surface area contributed by atoms with Gasteiger partial charge in [-0.2, -0.15) is 0 Å². The summed E-state index contributed by atoms with van der Waals surface area (Å²) in [5.74, 6) is 0.330. The molecule has 108 valence electrons. The summed E-state index contributed by atoms with van der Waals surface area (Å²) in [6.07, 6.45) is 5.39. The Bertz CT molecular complexity index is 410. The van der Waals surface area contributed by atoms with Crippen LogP contribution in [0.2, 0.25) is 5.02 Å². The molecular formula is C14H20BrCl2NO. The van der Waals surface area contributed by atoms with Crippen LogP contribution in [0.15, 0.2) is 22.7 Å². The summed E-state index contributed by atoms with van der Waals surface area (Å²) in [5.41, 5.74) is 7.13. The SMILES string of the molecule is Cl.N[C@@H](c1ccc(Cl)cc1Br)[C@H](O)C1CCCCC1. The Morgan fingerprint density at radius 3 is 2.47 bits per heavy atom. The maximum absolute atomic E-state index is 10.4. The van der Waals surface area contributed by atoms with Gasteiger partial charge in [-0.1, -0.05) is 52.9 Å². The number of nitrogens with two attached hydrogens (primary N) is 1. The van der Waals surface area contributed by atoms with Crippen LogP contribution < -0.4 is 5.73 Å². The number of halogens is 3. The first-order chi connectivity index (χ1) is 8.59. The van der Waals surface area contributed by atoms with Gasteiger partial charge in [0.15, 0.2) is 0 Å². The highest BCUT2D eigenvalue weighted by Gasteiger charge is 2.28. The number of benzene rings is 1. The molecule has 0 radical (unpaired) electrons. The van der Waals surface area contributed by atoms with Gasteiger partial charge in [0.05, 0.1) is 12.1 Å². The van der Waals surface area contributed by atoms with E-state index in [-0.39, 0.29) is 18.4 Å². The van der Waals surface area contributed by atoms with E-state index in [1.54, 1.807) is 0 Å². The Hall–Kier alpha value is 0.200. The summed E-state index contributed by atoms with van der Waals surface area (Å²) in [4.78, 5) is 0. The first-order valence-corrected chi connectivity index (χ1v) is 7.65. The molecule has 1 aromatic carbocycles. The van der Waals surface area contributed by atoms with Crippen LogP contribution in [0, 0.1) is 5.92 Å². The Kier molecular flexibility index (Phi) is 7.12. The molecule has 19 heavy (non-hydrogen) atoms. The van der Waals surface area contributed by atoms with E-state index < -0.39 is 6.10 Å². The van der Waals surface area contributed by atoms with Gasteiger partial charge in [-0.05, 0) is 36.5 Å². The molecule has 0 aliphatic heterocycles. The molecule has 0 bridgehead atoms. The van der Waals surface area contributed by atoms with Crippen molar-refractivity contribution >= 4 is 39.9 Å². The molecule has 1 saturated carbocycles. The Morgan fingerprint density at radius 1 is 1.26 bits per heavy atom. The smallest absolute Gasteiger partial charge is 0.0761 e. The standard InChI is InChI=1S/C14H19BrClNO.ClH/c15-12-8-10(16)6-7-11(12)13(17)14(18)9-4-2-1-3-5-9;/h6-9,13-14,18H,1-5,17H2;1H/t13-,14+;/m0./s1. The minimum Gasteiger partial charge on any atom is -0.391 e. The van der Waals surface area contributed by atoms with Crippen LogP contribution in [0.25, 0.3) is 0 Å². The van der Waals surface area contributed by atoms with Crippen molar-refractivity contribution in [2.45, 2.75) is 44.2 Å². The van der Waals surface area contributed by atoms with Crippen LogP contribution in [0.1, 0.15) is 43.7 Å². The fourth-order valence-electron chi connectivity index (χ4n) is 2.72. The molecular weight excluding hydrogens is 349 g/mol. The van der Waals surface area contributed by atoms with E-state index in [0.717, 1.165) is 22.9 Å². The number of aliphatic hydroxyl groups excluding tert-OH is 1. The van der Waals surface area contributed by atoms with Crippen molar-refractivity contribution in [2.75, 3.05) is 0 Å². The Balaban J connectivity index is 0.00000180. The molecule has 5 heteroatoms. The molecule has 3 N–H and O–H groups in total. The molecule has 0 spiro atoms. The largest absolute Gasteiger partial charge is 0.391 e. The van der Waals surface area contributed by atoms with Crippen molar-refractivity contribution in [3.63, 3.8) is 0 Å². The van der Waals surface area contributed by atoms with Gasteiger partial charge in [0.1, 0.15) is 0 Å². The summed E-state index contributed by atoms with van der Waals surface area (Å²) >= 11 is 9.38. The third-order valence-corrected chi connectivity index (χ3v) is 4.74. The van der Waals surface area contributed by atoms with Crippen molar-refractivity contribution in [1.29, 1.82) is 0 Å². The van der Waals surface area contributed by atoms with Crippen LogP contribution in [0.4, 0.5) is 0 Å². The Morgan fingerprint density at radius 2 is 1.89 bits per heavy atom. The van der Waals surface area contributed by atoms with Crippen LogP contribution in [-0.2, 0) is 0 Å². The lowest BCUT2D eigenvalue weighted by Crippen LogP contribution is -2.34. The van der Waals surface area contributed by atoms with Gasteiger partial charge in [-0.15, -0.1) is 12.4 Å². The second-order valence-corrected chi connectivity index (χ2v) is 6.37. The lowest BCUT2D eigenvalue weighted by Gasteiger charge is -2.31. The van der Waals surface area contributed by atoms with E-state index in [0.29, 0.717) is 10.9 Å². The van der Waals surface area contributed by atoms with Crippen molar-refractivity contribution in [3.05, 3.63) is 33.3 Å². The van der Waals surface area contributed by atoms with Crippen LogP contribution in [-0.4, -0.2) is 11.2 Å². The van der Waals surface area contributed by atoms with E-state index in [1.807, 2.05) is 18.2 Å². The first kappa shape index (κ1) is 17.3. The average molecular weight is 369 g/mol. The number of aliphatic hydroxyl groups is 1. The second kappa shape index (κ2) is 7.84. The van der Waals surface area contributed by atoms with E-state index in [4.69, 9.17) is 17.3 Å². The second-order valence-electron chi connectivity index (χ2n) is 5.08. The molecule has 0 unspecified atom stereocenters. The minimum absolute atomic E-state index is 0. The van der Waals surface area contributed by atoms with E-state index in [9.17, 15) is 5.11 Å². The molecule has 1 fully saturated rings. The van der Waals surface area contributed by atoms with Crippen LogP contribution in [0.3, 0.4) is 0 Å².